The van der Waals surface area contributed by atoms with E-state index in [1.54, 1.807) is 43.0 Å². The SMILES string of the molecule is Cc1cn([C@H]2COC3(CCN(C(=O)c4cccc(OCCN)c4)CC3)C[C@]2(C)O)c(=O)[nH]c1=O. The van der Waals surface area contributed by atoms with Crippen molar-refractivity contribution in [1.29, 1.82) is 0 Å². The molecule has 34 heavy (non-hydrogen) atoms. The number of aryl methyl sites for hydroxylation is 1. The van der Waals surface area contributed by atoms with E-state index in [0.717, 1.165) is 0 Å². The van der Waals surface area contributed by atoms with Gasteiger partial charge in [0.25, 0.3) is 11.5 Å². The number of nitrogens with two attached hydrogens (primary N) is 1. The van der Waals surface area contributed by atoms with Crippen LogP contribution in [0.25, 0.3) is 0 Å². The monoisotopic (exact) mass is 472 g/mol. The van der Waals surface area contributed by atoms with Crippen LogP contribution in [0, 0.1) is 6.92 Å². The summed E-state index contributed by atoms with van der Waals surface area (Å²) in [5.74, 6) is 0.527. The average Bonchev–Trinajstić information content (AvgIpc) is 2.80. The molecule has 2 fully saturated rings. The Hall–Kier alpha value is -2.95. The summed E-state index contributed by atoms with van der Waals surface area (Å²) in [6.45, 7) is 5.20. The van der Waals surface area contributed by atoms with Crippen molar-refractivity contribution in [3.8, 4) is 5.75 Å². The summed E-state index contributed by atoms with van der Waals surface area (Å²) in [7, 11) is 0. The Morgan fingerprint density at radius 1 is 1.32 bits per heavy atom. The van der Waals surface area contributed by atoms with Gasteiger partial charge in [-0.2, -0.15) is 0 Å². The predicted molar refractivity (Wildman–Crippen MR) is 125 cm³/mol. The quantitative estimate of drug-likeness (QED) is 0.578. The van der Waals surface area contributed by atoms with Crippen molar-refractivity contribution in [2.24, 2.45) is 5.73 Å². The third-order valence-corrected chi connectivity index (χ3v) is 6.86. The number of hydrogen-bond donors (Lipinski definition) is 3. The first-order chi connectivity index (χ1) is 16.1. The van der Waals surface area contributed by atoms with Crippen molar-refractivity contribution in [2.75, 3.05) is 32.8 Å². The lowest BCUT2D eigenvalue weighted by Crippen LogP contribution is -2.59. The van der Waals surface area contributed by atoms with Crippen molar-refractivity contribution >= 4 is 5.91 Å². The minimum Gasteiger partial charge on any atom is -0.492 e. The van der Waals surface area contributed by atoms with Gasteiger partial charge in [-0.15, -0.1) is 0 Å². The highest BCUT2D eigenvalue weighted by Crippen LogP contribution is 2.43. The number of likely N-dealkylation sites (tertiary alicyclic amines) is 1. The maximum atomic E-state index is 13.0. The standard InChI is InChI=1S/C24H32N4O6/c1-16-13-28(22(31)26-20(16)29)19-14-34-24(15-23(19,2)32)6-9-27(10-7-24)21(30)17-4-3-5-18(12-17)33-11-8-25/h3-5,12-13,19,32H,6-11,14-15,25H2,1-2H3,(H,26,29,31)/t19-,23-/m0/s1. The summed E-state index contributed by atoms with van der Waals surface area (Å²) in [5, 5.41) is 11.3. The molecule has 1 amide bonds. The summed E-state index contributed by atoms with van der Waals surface area (Å²) in [5.41, 5.74) is 3.60. The molecule has 4 N–H and O–H groups in total. The molecule has 2 saturated heterocycles. The Kier molecular flexibility index (Phi) is 6.66. The molecular formula is C24H32N4O6. The third-order valence-electron chi connectivity index (χ3n) is 6.86. The second-order valence-electron chi connectivity index (χ2n) is 9.48. The fourth-order valence-corrected chi connectivity index (χ4v) is 4.97. The minimum absolute atomic E-state index is 0.0798. The van der Waals surface area contributed by atoms with Crippen LogP contribution >= 0.6 is 0 Å². The Morgan fingerprint density at radius 2 is 2.06 bits per heavy atom. The number of carbonyl (C=O) groups excluding carboxylic acids is 1. The van der Waals surface area contributed by atoms with Gasteiger partial charge in [-0.3, -0.25) is 19.1 Å². The molecule has 184 valence electrons. The summed E-state index contributed by atoms with van der Waals surface area (Å²) >= 11 is 0. The van der Waals surface area contributed by atoms with Crippen LogP contribution < -0.4 is 21.7 Å². The molecule has 10 nitrogen and oxygen atoms in total. The summed E-state index contributed by atoms with van der Waals surface area (Å²) in [6, 6.07) is 6.43. The molecule has 2 aliphatic rings. The summed E-state index contributed by atoms with van der Waals surface area (Å²) < 4.78 is 13.1. The van der Waals surface area contributed by atoms with Gasteiger partial charge in [0, 0.05) is 43.4 Å². The first-order valence-corrected chi connectivity index (χ1v) is 11.5. The lowest BCUT2D eigenvalue weighted by Gasteiger charge is -2.51. The maximum Gasteiger partial charge on any atom is 0.328 e. The molecule has 2 aliphatic heterocycles. The van der Waals surface area contributed by atoms with Crippen LogP contribution in [0.5, 0.6) is 5.75 Å². The molecule has 0 aliphatic carbocycles. The minimum atomic E-state index is -1.23. The van der Waals surface area contributed by atoms with E-state index < -0.39 is 28.5 Å². The van der Waals surface area contributed by atoms with Gasteiger partial charge in [-0.25, -0.2) is 4.79 Å². The fraction of sp³-hybridized carbons (Fsp3) is 0.542. The van der Waals surface area contributed by atoms with E-state index in [2.05, 4.69) is 4.98 Å². The highest BCUT2D eigenvalue weighted by Gasteiger charge is 2.50. The molecule has 0 saturated carbocycles. The van der Waals surface area contributed by atoms with Crippen molar-refractivity contribution in [2.45, 2.75) is 50.4 Å². The zero-order chi connectivity index (χ0) is 24.5. The number of ether oxygens (including phenoxy) is 2. The fourth-order valence-electron chi connectivity index (χ4n) is 4.97. The van der Waals surface area contributed by atoms with E-state index in [4.69, 9.17) is 15.2 Å². The van der Waals surface area contributed by atoms with Crippen LogP contribution in [-0.2, 0) is 4.74 Å². The van der Waals surface area contributed by atoms with Crippen LogP contribution in [0.1, 0.15) is 48.1 Å². The Morgan fingerprint density at radius 3 is 2.74 bits per heavy atom. The van der Waals surface area contributed by atoms with Gasteiger partial charge in [0.1, 0.15) is 12.4 Å². The van der Waals surface area contributed by atoms with Gasteiger partial charge in [-0.05, 0) is 44.9 Å². The van der Waals surface area contributed by atoms with E-state index >= 15 is 0 Å². The number of hydrogen-bond acceptors (Lipinski definition) is 7. The molecule has 1 aromatic heterocycles. The second kappa shape index (κ2) is 9.36. The maximum absolute atomic E-state index is 13.0. The number of nitrogens with zero attached hydrogens (tertiary/aromatic N) is 2. The Labute approximate surface area is 197 Å². The molecule has 4 rings (SSSR count). The number of rotatable bonds is 5. The molecule has 2 aromatic rings. The number of aliphatic hydroxyl groups is 1. The van der Waals surface area contributed by atoms with E-state index in [0.29, 0.717) is 62.4 Å². The van der Waals surface area contributed by atoms with Gasteiger partial charge < -0.3 is 25.2 Å². The van der Waals surface area contributed by atoms with Crippen LogP contribution in [0.3, 0.4) is 0 Å². The molecule has 2 atom stereocenters. The average molecular weight is 473 g/mol. The Bertz CT molecular complexity index is 1160. The van der Waals surface area contributed by atoms with Gasteiger partial charge >= 0.3 is 5.69 Å². The molecule has 3 heterocycles. The van der Waals surface area contributed by atoms with Crippen LogP contribution in [0.2, 0.25) is 0 Å². The number of piperidine rings is 1. The van der Waals surface area contributed by atoms with Crippen molar-refractivity contribution in [1.82, 2.24) is 14.5 Å². The van der Waals surface area contributed by atoms with Crippen molar-refractivity contribution in [3.63, 3.8) is 0 Å². The number of benzene rings is 1. The highest BCUT2D eigenvalue weighted by molar-refractivity contribution is 5.94. The molecule has 0 unspecified atom stereocenters. The van der Waals surface area contributed by atoms with Crippen LogP contribution in [-0.4, -0.2) is 69.5 Å². The lowest BCUT2D eigenvalue weighted by atomic mass is 9.75. The van der Waals surface area contributed by atoms with Crippen LogP contribution in [0.15, 0.2) is 40.1 Å². The normalized spacial score (nSPS) is 24.2. The van der Waals surface area contributed by atoms with E-state index in [9.17, 15) is 19.5 Å². The van der Waals surface area contributed by atoms with E-state index in [-0.39, 0.29) is 12.5 Å². The smallest absolute Gasteiger partial charge is 0.328 e. The largest absolute Gasteiger partial charge is 0.492 e. The number of aromatic amines is 1. The third kappa shape index (κ3) is 4.79. The predicted octanol–water partition coefficient (Wildman–Crippen LogP) is 0.570. The summed E-state index contributed by atoms with van der Waals surface area (Å²) in [6.07, 6.45) is 2.93. The lowest BCUT2D eigenvalue weighted by molar-refractivity contribution is -0.195. The molecule has 10 heteroatoms. The molecule has 1 spiro atoms. The molecule has 1 aromatic carbocycles. The second-order valence-corrected chi connectivity index (χ2v) is 9.48. The first kappa shape index (κ1) is 24.2. The number of carbonyl (C=O) groups is 1. The molecular weight excluding hydrogens is 440 g/mol. The highest BCUT2D eigenvalue weighted by atomic mass is 16.5. The zero-order valence-corrected chi connectivity index (χ0v) is 19.6. The molecule has 0 radical (unpaired) electrons. The van der Waals surface area contributed by atoms with E-state index in [1.807, 2.05) is 0 Å². The van der Waals surface area contributed by atoms with Crippen molar-refractivity contribution in [3.05, 3.63) is 62.4 Å². The van der Waals surface area contributed by atoms with Gasteiger partial charge in [-0.1, -0.05) is 6.07 Å². The van der Waals surface area contributed by atoms with Crippen LogP contribution in [0.4, 0.5) is 0 Å². The number of amides is 1. The van der Waals surface area contributed by atoms with Gasteiger partial charge in [0.15, 0.2) is 0 Å². The summed E-state index contributed by atoms with van der Waals surface area (Å²) in [4.78, 5) is 41.2. The van der Waals surface area contributed by atoms with Crippen molar-refractivity contribution < 1.29 is 19.4 Å². The topological polar surface area (TPSA) is 140 Å². The van der Waals surface area contributed by atoms with E-state index in [1.165, 1.54) is 10.8 Å². The number of nitrogens with one attached hydrogen (secondary N) is 1. The number of H-pyrrole nitrogens is 1. The first-order valence-electron chi connectivity index (χ1n) is 11.5. The van der Waals surface area contributed by atoms with Gasteiger partial charge in [0.05, 0.1) is 23.9 Å². The number of aromatic nitrogens is 2. The zero-order valence-electron chi connectivity index (χ0n) is 19.6. The molecule has 0 bridgehead atoms. The Balaban J connectivity index is 1.43. The van der Waals surface area contributed by atoms with Gasteiger partial charge in [0.2, 0.25) is 0 Å².